The van der Waals surface area contributed by atoms with Crippen LogP contribution in [0, 0.1) is 0 Å². The predicted octanol–water partition coefficient (Wildman–Crippen LogP) is 2.86. The zero-order valence-electron chi connectivity index (χ0n) is 10.00. The number of thiol groups is 1. The summed E-state index contributed by atoms with van der Waals surface area (Å²) < 4.78 is 0. The Morgan fingerprint density at radius 3 is 2.61 bits per heavy atom. The molecule has 3 nitrogen and oxygen atoms in total. The molecular formula is C14H14N2OS. The summed E-state index contributed by atoms with van der Waals surface area (Å²) in [4.78, 5) is 16.9. The number of carbonyl (C=O) groups is 1. The Kier molecular flexibility index (Phi) is 3.99. The van der Waals surface area contributed by atoms with E-state index in [1.165, 1.54) is 0 Å². The van der Waals surface area contributed by atoms with Crippen molar-refractivity contribution in [2.75, 3.05) is 0 Å². The summed E-state index contributed by atoms with van der Waals surface area (Å²) in [5.74, 6) is -0.0975. The number of pyridine rings is 1. The van der Waals surface area contributed by atoms with E-state index in [1.807, 2.05) is 19.1 Å². The second-order valence-electron chi connectivity index (χ2n) is 4.03. The molecule has 4 heteroatoms. The van der Waals surface area contributed by atoms with Crippen LogP contribution in [0.4, 0.5) is 0 Å². The minimum absolute atomic E-state index is 0.0677. The zero-order valence-corrected chi connectivity index (χ0v) is 10.9. The number of hydrogen-bond donors (Lipinski definition) is 2. The lowest BCUT2D eigenvalue weighted by atomic mass is 10.1. The lowest BCUT2D eigenvalue weighted by molar-refractivity contribution is 0.0940. The summed E-state index contributed by atoms with van der Waals surface area (Å²) in [6.45, 7) is 1.93. The largest absolute Gasteiger partial charge is 0.345 e. The molecule has 0 spiro atoms. The maximum absolute atomic E-state index is 12.0. The Balaban J connectivity index is 2.06. The normalized spacial score (nSPS) is 11.9. The highest BCUT2D eigenvalue weighted by Crippen LogP contribution is 2.12. The first-order valence-electron chi connectivity index (χ1n) is 5.66. The molecule has 2 aromatic rings. The summed E-state index contributed by atoms with van der Waals surface area (Å²) in [5.41, 5.74) is 1.61. The van der Waals surface area contributed by atoms with Gasteiger partial charge in [0.25, 0.3) is 5.91 Å². The minimum atomic E-state index is -0.0975. The SMILES string of the molecule is CC(NC(=O)c1ccc(S)cc1)c1cccnc1. The van der Waals surface area contributed by atoms with Crippen molar-refractivity contribution < 1.29 is 4.79 Å². The molecule has 0 saturated heterocycles. The molecule has 0 bridgehead atoms. The van der Waals surface area contributed by atoms with Crippen LogP contribution in [-0.2, 0) is 0 Å². The summed E-state index contributed by atoms with van der Waals surface area (Å²) in [6.07, 6.45) is 3.46. The first kappa shape index (κ1) is 12.6. The Bertz CT molecular complexity index is 525. The third-order valence-corrected chi connectivity index (χ3v) is 2.96. The Labute approximate surface area is 112 Å². The van der Waals surface area contributed by atoms with Gasteiger partial charge in [-0.15, -0.1) is 12.6 Å². The van der Waals surface area contributed by atoms with Crippen LogP contribution in [0.1, 0.15) is 28.9 Å². The molecule has 92 valence electrons. The summed E-state index contributed by atoms with van der Waals surface area (Å²) in [5, 5.41) is 2.93. The predicted molar refractivity (Wildman–Crippen MR) is 73.8 cm³/mol. The van der Waals surface area contributed by atoms with Crippen molar-refractivity contribution in [1.82, 2.24) is 10.3 Å². The van der Waals surface area contributed by atoms with E-state index in [9.17, 15) is 4.79 Å². The minimum Gasteiger partial charge on any atom is -0.345 e. The highest BCUT2D eigenvalue weighted by atomic mass is 32.1. The molecule has 1 N–H and O–H groups in total. The average Bonchev–Trinajstić information content (AvgIpc) is 2.40. The van der Waals surface area contributed by atoms with Crippen LogP contribution in [0.3, 0.4) is 0 Å². The second kappa shape index (κ2) is 5.69. The van der Waals surface area contributed by atoms with Crippen molar-refractivity contribution in [1.29, 1.82) is 0 Å². The maximum Gasteiger partial charge on any atom is 0.251 e. The van der Waals surface area contributed by atoms with Gasteiger partial charge in [0.1, 0.15) is 0 Å². The fourth-order valence-corrected chi connectivity index (χ4v) is 1.76. The summed E-state index contributed by atoms with van der Waals surface area (Å²) in [7, 11) is 0. The van der Waals surface area contributed by atoms with Crippen LogP contribution in [0.2, 0.25) is 0 Å². The van der Waals surface area contributed by atoms with E-state index < -0.39 is 0 Å². The summed E-state index contributed by atoms with van der Waals surface area (Å²) in [6, 6.07) is 10.8. The van der Waals surface area contributed by atoms with Crippen molar-refractivity contribution in [2.45, 2.75) is 17.9 Å². The van der Waals surface area contributed by atoms with Gasteiger partial charge in [-0.25, -0.2) is 0 Å². The third kappa shape index (κ3) is 3.11. The highest BCUT2D eigenvalue weighted by Gasteiger charge is 2.10. The molecule has 0 radical (unpaired) electrons. The van der Waals surface area contributed by atoms with Crippen molar-refractivity contribution in [3.8, 4) is 0 Å². The number of nitrogens with zero attached hydrogens (tertiary/aromatic N) is 1. The molecule has 2 rings (SSSR count). The molecule has 1 atom stereocenters. The van der Waals surface area contributed by atoms with Crippen LogP contribution < -0.4 is 5.32 Å². The van der Waals surface area contributed by atoms with Gasteiger partial charge in [0.05, 0.1) is 6.04 Å². The number of aromatic nitrogens is 1. The van der Waals surface area contributed by atoms with Gasteiger partial charge < -0.3 is 5.32 Å². The third-order valence-electron chi connectivity index (χ3n) is 2.66. The van der Waals surface area contributed by atoms with Crippen molar-refractivity contribution in [3.05, 3.63) is 59.9 Å². The number of nitrogens with one attached hydrogen (secondary N) is 1. The summed E-state index contributed by atoms with van der Waals surface area (Å²) >= 11 is 4.19. The molecule has 0 aliphatic rings. The van der Waals surface area contributed by atoms with Gasteiger partial charge in [-0.05, 0) is 42.8 Å². The Hall–Kier alpha value is -1.81. The zero-order chi connectivity index (χ0) is 13.0. The van der Waals surface area contributed by atoms with E-state index in [4.69, 9.17) is 0 Å². The van der Waals surface area contributed by atoms with E-state index in [0.29, 0.717) is 5.56 Å². The first-order chi connectivity index (χ1) is 8.66. The maximum atomic E-state index is 12.0. The molecule has 1 amide bonds. The van der Waals surface area contributed by atoms with Gasteiger partial charge in [-0.3, -0.25) is 9.78 Å². The fourth-order valence-electron chi connectivity index (χ4n) is 1.61. The molecule has 0 aliphatic carbocycles. The van der Waals surface area contributed by atoms with Gasteiger partial charge >= 0.3 is 0 Å². The molecule has 0 aliphatic heterocycles. The first-order valence-corrected chi connectivity index (χ1v) is 6.11. The van der Waals surface area contributed by atoms with Crippen LogP contribution in [0.15, 0.2) is 53.7 Å². The smallest absolute Gasteiger partial charge is 0.251 e. The molecule has 1 aromatic heterocycles. The molecule has 0 saturated carbocycles. The van der Waals surface area contributed by atoms with Gasteiger partial charge in [0.15, 0.2) is 0 Å². The number of amides is 1. The van der Waals surface area contributed by atoms with Crippen LogP contribution in [-0.4, -0.2) is 10.9 Å². The number of benzene rings is 1. The van der Waals surface area contributed by atoms with Crippen LogP contribution in [0.25, 0.3) is 0 Å². The van der Waals surface area contributed by atoms with Gasteiger partial charge in [-0.1, -0.05) is 6.07 Å². The van der Waals surface area contributed by atoms with E-state index in [-0.39, 0.29) is 11.9 Å². The standard InChI is InChI=1S/C14H14N2OS/c1-10(12-3-2-8-15-9-12)16-14(17)11-4-6-13(18)7-5-11/h2-10,18H,1H3,(H,16,17). The number of carbonyl (C=O) groups excluding carboxylic acids is 1. The molecular weight excluding hydrogens is 244 g/mol. The quantitative estimate of drug-likeness (QED) is 0.831. The van der Waals surface area contributed by atoms with Crippen molar-refractivity contribution in [2.24, 2.45) is 0 Å². The Morgan fingerprint density at radius 1 is 1.28 bits per heavy atom. The molecule has 1 heterocycles. The fraction of sp³-hybridized carbons (Fsp3) is 0.143. The average molecular weight is 258 g/mol. The number of hydrogen-bond acceptors (Lipinski definition) is 3. The lowest BCUT2D eigenvalue weighted by Crippen LogP contribution is -2.26. The Morgan fingerprint density at radius 2 is 2.00 bits per heavy atom. The van der Waals surface area contributed by atoms with Crippen molar-refractivity contribution >= 4 is 18.5 Å². The topological polar surface area (TPSA) is 42.0 Å². The van der Waals surface area contributed by atoms with E-state index >= 15 is 0 Å². The molecule has 1 aromatic carbocycles. The van der Waals surface area contributed by atoms with Crippen molar-refractivity contribution in [3.63, 3.8) is 0 Å². The van der Waals surface area contributed by atoms with E-state index in [2.05, 4.69) is 22.9 Å². The molecule has 0 fully saturated rings. The molecule has 18 heavy (non-hydrogen) atoms. The highest BCUT2D eigenvalue weighted by molar-refractivity contribution is 7.80. The van der Waals surface area contributed by atoms with E-state index in [1.54, 1.807) is 36.7 Å². The van der Waals surface area contributed by atoms with Gasteiger partial charge in [0, 0.05) is 22.9 Å². The second-order valence-corrected chi connectivity index (χ2v) is 4.54. The monoisotopic (exact) mass is 258 g/mol. The van der Waals surface area contributed by atoms with Crippen LogP contribution >= 0.6 is 12.6 Å². The van der Waals surface area contributed by atoms with E-state index in [0.717, 1.165) is 10.5 Å². The number of rotatable bonds is 3. The lowest BCUT2D eigenvalue weighted by Gasteiger charge is -2.13. The molecule has 1 unspecified atom stereocenters. The van der Waals surface area contributed by atoms with Gasteiger partial charge in [0.2, 0.25) is 0 Å². The van der Waals surface area contributed by atoms with Crippen LogP contribution in [0.5, 0.6) is 0 Å². The van der Waals surface area contributed by atoms with Gasteiger partial charge in [-0.2, -0.15) is 0 Å².